The van der Waals surface area contributed by atoms with Gasteiger partial charge in [0.1, 0.15) is 10.8 Å². The quantitative estimate of drug-likeness (QED) is 0.188. The monoisotopic (exact) mass is 492 g/mol. The van der Waals surface area contributed by atoms with E-state index in [0.29, 0.717) is 25.1 Å². The van der Waals surface area contributed by atoms with Crippen molar-refractivity contribution in [3.63, 3.8) is 0 Å². The Balaban J connectivity index is 1.57. The van der Waals surface area contributed by atoms with Crippen molar-refractivity contribution in [1.82, 2.24) is 4.98 Å². The van der Waals surface area contributed by atoms with E-state index in [1.807, 2.05) is 48.8 Å². The summed E-state index contributed by atoms with van der Waals surface area (Å²) in [4.78, 5) is 19.1. The Bertz CT molecular complexity index is 1140. The smallest absolute Gasteiger partial charge is 0.333 e. The normalized spacial score (nSPS) is 14.0. The fraction of sp³-hybridized carbons (Fsp3) is 0.357. The maximum absolute atomic E-state index is 12.4. The van der Waals surface area contributed by atoms with Gasteiger partial charge in [0.25, 0.3) is 0 Å². The third-order valence-corrected chi connectivity index (χ3v) is 6.71. The number of rotatable bonds is 10. The van der Waals surface area contributed by atoms with Crippen LogP contribution in [0.15, 0.2) is 59.6 Å². The van der Waals surface area contributed by atoms with Crippen LogP contribution in [-0.4, -0.2) is 37.5 Å². The summed E-state index contributed by atoms with van der Waals surface area (Å²) in [7, 11) is 1.43. The third kappa shape index (κ3) is 6.50. The number of nitrogens with zero attached hydrogens (tertiary/aromatic N) is 2. The number of esters is 1. The highest BCUT2D eigenvalue weighted by Gasteiger charge is 2.21. The molecule has 0 amide bonds. The molecule has 0 aliphatic carbocycles. The largest absolute Gasteiger partial charge is 0.466 e. The summed E-state index contributed by atoms with van der Waals surface area (Å²) >= 11 is 1.64. The van der Waals surface area contributed by atoms with Gasteiger partial charge in [-0.3, -0.25) is 0 Å². The molecular formula is C28H32N2O4S. The van der Waals surface area contributed by atoms with Crippen LogP contribution in [0.1, 0.15) is 43.7 Å². The number of ether oxygens (including phenoxy) is 3. The molecule has 1 unspecified atom stereocenters. The van der Waals surface area contributed by atoms with Gasteiger partial charge < -0.3 is 19.1 Å². The van der Waals surface area contributed by atoms with Crippen molar-refractivity contribution < 1.29 is 19.0 Å². The average Bonchev–Trinajstić information content (AvgIpc) is 3.32. The van der Waals surface area contributed by atoms with Gasteiger partial charge in [0.2, 0.25) is 0 Å². The third-order valence-electron chi connectivity index (χ3n) is 5.95. The number of hydrogen-bond donors (Lipinski definition) is 0. The number of thiazole rings is 1. The van der Waals surface area contributed by atoms with E-state index >= 15 is 0 Å². The molecule has 3 aromatic rings. The standard InChI is InChI=1S/C28H32N2O4S/c1-4-5-15-33-20(2)34-25-9-6-21(7-10-25)22-8-11-26-24(17-22)18-23(28(31)32-3)12-14-30(26)19-27-29-13-16-35-27/h6-11,13,16-18,20H,4-5,12,14-15,19H2,1-3H3. The average molecular weight is 493 g/mol. The lowest BCUT2D eigenvalue weighted by molar-refractivity contribution is -0.136. The molecule has 0 saturated carbocycles. The predicted molar refractivity (Wildman–Crippen MR) is 141 cm³/mol. The van der Waals surface area contributed by atoms with Crippen molar-refractivity contribution in [3.05, 3.63) is 70.2 Å². The number of fused-ring (bicyclic) bond motifs is 1. The lowest BCUT2D eigenvalue weighted by atomic mass is 10.00. The number of aromatic nitrogens is 1. The maximum Gasteiger partial charge on any atom is 0.333 e. The first kappa shape index (κ1) is 24.9. The minimum Gasteiger partial charge on any atom is -0.466 e. The highest BCUT2D eigenvalue weighted by atomic mass is 32.1. The summed E-state index contributed by atoms with van der Waals surface area (Å²) in [5.41, 5.74) is 4.90. The fourth-order valence-corrected chi connectivity index (χ4v) is 4.70. The zero-order valence-corrected chi connectivity index (χ0v) is 21.3. The van der Waals surface area contributed by atoms with Gasteiger partial charge in [0, 0.05) is 29.4 Å². The van der Waals surface area contributed by atoms with Crippen LogP contribution in [0.5, 0.6) is 5.75 Å². The second kappa shape index (κ2) is 12.0. The molecular weight excluding hydrogens is 460 g/mol. The molecule has 35 heavy (non-hydrogen) atoms. The number of carbonyl (C=O) groups is 1. The Hall–Kier alpha value is -3.16. The van der Waals surface area contributed by atoms with Crippen molar-refractivity contribution in [2.45, 2.75) is 45.9 Å². The van der Waals surface area contributed by atoms with Crippen molar-refractivity contribution in [3.8, 4) is 16.9 Å². The number of anilines is 1. The van der Waals surface area contributed by atoms with Gasteiger partial charge in [0.05, 0.1) is 20.3 Å². The predicted octanol–water partition coefficient (Wildman–Crippen LogP) is 6.32. The Morgan fingerprint density at radius 1 is 1.17 bits per heavy atom. The van der Waals surface area contributed by atoms with Gasteiger partial charge in [-0.05, 0) is 66.8 Å². The Morgan fingerprint density at radius 3 is 2.69 bits per heavy atom. The summed E-state index contributed by atoms with van der Waals surface area (Å²) in [5, 5.41) is 3.03. The Kier molecular flexibility index (Phi) is 8.55. The summed E-state index contributed by atoms with van der Waals surface area (Å²) < 4.78 is 16.6. The van der Waals surface area contributed by atoms with Crippen molar-refractivity contribution >= 4 is 29.1 Å². The van der Waals surface area contributed by atoms with E-state index < -0.39 is 0 Å². The van der Waals surface area contributed by atoms with Gasteiger partial charge in [-0.15, -0.1) is 11.3 Å². The minimum absolute atomic E-state index is 0.283. The maximum atomic E-state index is 12.4. The number of carbonyl (C=O) groups excluding carboxylic acids is 1. The zero-order valence-electron chi connectivity index (χ0n) is 20.5. The molecule has 7 heteroatoms. The number of hydrogen-bond acceptors (Lipinski definition) is 7. The van der Waals surface area contributed by atoms with E-state index in [0.717, 1.165) is 52.5 Å². The van der Waals surface area contributed by atoms with Crippen LogP contribution < -0.4 is 9.64 Å². The topological polar surface area (TPSA) is 60.9 Å². The van der Waals surface area contributed by atoms with Crippen LogP contribution in [0.4, 0.5) is 5.69 Å². The molecule has 1 aliphatic heterocycles. The zero-order chi connectivity index (χ0) is 24.6. The van der Waals surface area contributed by atoms with Crippen molar-refractivity contribution in [2.75, 3.05) is 25.2 Å². The molecule has 2 aromatic carbocycles. The van der Waals surface area contributed by atoms with Crippen LogP contribution in [0.3, 0.4) is 0 Å². The summed E-state index contributed by atoms with van der Waals surface area (Å²) in [6, 6.07) is 14.4. The molecule has 4 rings (SSSR count). The summed E-state index contributed by atoms with van der Waals surface area (Å²) in [6.07, 6.45) is 6.24. The molecule has 1 aromatic heterocycles. The molecule has 0 spiro atoms. The molecule has 1 atom stereocenters. The minimum atomic E-state index is -0.286. The van der Waals surface area contributed by atoms with E-state index in [4.69, 9.17) is 14.2 Å². The lowest BCUT2D eigenvalue weighted by Crippen LogP contribution is -2.24. The van der Waals surface area contributed by atoms with E-state index in [2.05, 4.69) is 35.0 Å². The SMILES string of the molecule is CCCCOC(C)Oc1ccc(-c2ccc3c(c2)C=C(C(=O)OC)CCN3Cc2nccs2)cc1. The molecule has 0 bridgehead atoms. The second-order valence-electron chi connectivity index (χ2n) is 8.47. The van der Waals surface area contributed by atoms with Crippen LogP contribution >= 0.6 is 11.3 Å². The van der Waals surface area contributed by atoms with Gasteiger partial charge >= 0.3 is 5.97 Å². The highest BCUT2D eigenvalue weighted by molar-refractivity contribution is 7.09. The molecule has 184 valence electrons. The van der Waals surface area contributed by atoms with Crippen molar-refractivity contribution in [2.24, 2.45) is 0 Å². The van der Waals surface area contributed by atoms with Crippen LogP contribution in [0, 0.1) is 0 Å². The number of unbranched alkanes of at least 4 members (excludes halogenated alkanes) is 1. The summed E-state index contributed by atoms with van der Waals surface area (Å²) in [6.45, 7) is 6.18. The molecule has 0 N–H and O–H groups in total. The van der Waals surface area contributed by atoms with Gasteiger partial charge in [-0.25, -0.2) is 9.78 Å². The van der Waals surface area contributed by atoms with Crippen molar-refractivity contribution in [1.29, 1.82) is 0 Å². The highest BCUT2D eigenvalue weighted by Crippen LogP contribution is 2.34. The van der Waals surface area contributed by atoms with E-state index in [9.17, 15) is 4.79 Å². The first-order valence-electron chi connectivity index (χ1n) is 12.0. The molecule has 0 fully saturated rings. The van der Waals surface area contributed by atoms with Crippen LogP contribution in [-0.2, 0) is 20.8 Å². The molecule has 0 saturated heterocycles. The fourth-order valence-electron chi connectivity index (χ4n) is 4.07. The molecule has 6 nitrogen and oxygen atoms in total. The first-order chi connectivity index (χ1) is 17.1. The first-order valence-corrected chi connectivity index (χ1v) is 12.9. The van der Waals surface area contributed by atoms with E-state index in [-0.39, 0.29) is 12.3 Å². The lowest BCUT2D eigenvalue weighted by Gasteiger charge is -2.24. The molecule has 0 radical (unpaired) electrons. The molecule has 1 aliphatic rings. The number of methoxy groups -OCH3 is 1. The summed E-state index contributed by atoms with van der Waals surface area (Å²) in [5.74, 6) is 0.490. The van der Waals surface area contributed by atoms with E-state index in [1.54, 1.807) is 11.3 Å². The van der Waals surface area contributed by atoms with E-state index in [1.165, 1.54) is 7.11 Å². The van der Waals surface area contributed by atoms with Crippen LogP contribution in [0.25, 0.3) is 17.2 Å². The Labute approximate surface area is 211 Å². The number of benzene rings is 2. The van der Waals surface area contributed by atoms with Gasteiger partial charge in [-0.1, -0.05) is 31.5 Å². The van der Waals surface area contributed by atoms with Gasteiger partial charge in [0.15, 0.2) is 6.29 Å². The second-order valence-corrected chi connectivity index (χ2v) is 9.45. The van der Waals surface area contributed by atoms with Gasteiger partial charge in [-0.2, -0.15) is 0 Å². The Morgan fingerprint density at radius 2 is 1.97 bits per heavy atom. The van der Waals surface area contributed by atoms with Crippen LogP contribution in [0.2, 0.25) is 0 Å². The molecule has 2 heterocycles.